The van der Waals surface area contributed by atoms with Crippen LogP contribution in [0.3, 0.4) is 0 Å². The second-order valence-electron chi connectivity index (χ2n) is 4.48. The normalized spacial score (nSPS) is 11.2. The van der Waals surface area contributed by atoms with Gasteiger partial charge in [-0.05, 0) is 31.2 Å². The molecule has 102 valence electrons. The number of imidazole rings is 1. The largest absolute Gasteiger partial charge is 0.321 e. The highest BCUT2D eigenvalue weighted by Crippen LogP contribution is 2.22. The molecule has 0 N–H and O–H groups in total. The van der Waals surface area contributed by atoms with Crippen LogP contribution in [0.25, 0.3) is 11.0 Å². The molecule has 0 unspecified atom stereocenters. The lowest BCUT2D eigenvalue weighted by Crippen LogP contribution is -2.06. The second-order valence-corrected chi connectivity index (χ2v) is 5.66. The van der Waals surface area contributed by atoms with E-state index >= 15 is 0 Å². The van der Waals surface area contributed by atoms with E-state index in [1.165, 1.54) is 0 Å². The molecule has 0 radical (unpaired) electrons. The first-order valence-electron chi connectivity index (χ1n) is 6.16. The topological polar surface area (TPSA) is 43.6 Å². The van der Waals surface area contributed by atoms with Gasteiger partial charge in [-0.2, -0.15) is 0 Å². The summed E-state index contributed by atoms with van der Waals surface area (Å²) in [6.07, 6.45) is 1.77. The van der Waals surface area contributed by atoms with E-state index < -0.39 is 0 Å². The third-order valence-electron chi connectivity index (χ3n) is 3.06. The van der Waals surface area contributed by atoms with Gasteiger partial charge in [-0.1, -0.05) is 15.9 Å². The van der Waals surface area contributed by atoms with Gasteiger partial charge in [0.15, 0.2) is 0 Å². The second kappa shape index (κ2) is 5.50. The van der Waals surface area contributed by atoms with Gasteiger partial charge in [0.2, 0.25) is 0 Å². The quantitative estimate of drug-likeness (QED) is 0.676. The van der Waals surface area contributed by atoms with Crippen LogP contribution in [-0.4, -0.2) is 19.5 Å². The number of benzene rings is 1. The molecule has 2 aromatic heterocycles. The molecule has 1 aromatic carbocycles. The summed E-state index contributed by atoms with van der Waals surface area (Å²) in [4.78, 5) is 13.1. The highest BCUT2D eigenvalue weighted by molar-refractivity contribution is 9.10. The molecule has 0 aliphatic heterocycles. The number of hydrogen-bond acceptors (Lipinski definition) is 3. The molecule has 3 rings (SSSR count). The summed E-state index contributed by atoms with van der Waals surface area (Å²) in [7, 11) is 0. The zero-order chi connectivity index (χ0) is 14.1. The van der Waals surface area contributed by atoms with Crippen LogP contribution < -0.4 is 0 Å². The Hall–Kier alpha value is -1.46. The highest BCUT2D eigenvalue weighted by Gasteiger charge is 2.11. The molecule has 0 aliphatic rings. The fraction of sp³-hybridized carbons (Fsp3) is 0.214. The van der Waals surface area contributed by atoms with Crippen LogP contribution in [0, 0.1) is 6.92 Å². The molecule has 0 amide bonds. The molecule has 0 bridgehead atoms. The first-order valence-corrected chi connectivity index (χ1v) is 7.49. The van der Waals surface area contributed by atoms with Crippen molar-refractivity contribution in [2.75, 3.05) is 0 Å². The van der Waals surface area contributed by atoms with Crippen molar-refractivity contribution in [3.05, 3.63) is 52.3 Å². The molecule has 0 atom stereocenters. The molecular weight excluding hydrogens is 340 g/mol. The molecule has 0 saturated carbocycles. The van der Waals surface area contributed by atoms with E-state index in [0.29, 0.717) is 12.4 Å². The van der Waals surface area contributed by atoms with Crippen molar-refractivity contribution in [1.82, 2.24) is 19.5 Å². The maximum atomic E-state index is 6.01. The standard InChI is InChI=1S/C14H12BrClN4/c1-9-17-5-4-11(18-9)8-20-13-6-10(15)2-3-12(13)19-14(20)7-16/h2-6H,7-8H2,1H3. The summed E-state index contributed by atoms with van der Waals surface area (Å²) in [6.45, 7) is 2.52. The van der Waals surface area contributed by atoms with Crippen molar-refractivity contribution in [3.8, 4) is 0 Å². The Morgan fingerprint density at radius 3 is 2.85 bits per heavy atom. The lowest BCUT2D eigenvalue weighted by atomic mass is 10.3. The van der Waals surface area contributed by atoms with E-state index in [0.717, 1.165) is 32.8 Å². The van der Waals surface area contributed by atoms with Gasteiger partial charge in [-0.15, -0.1) is 11.6 Å². The summed E-state index contributed by atoms with van der Waals surface area (Å²) in [6, 6.07) is 7.92. The van der Waals surface area contributed by atoms with Crippen molar-refractivity contribution in [2.45, 2.75) is 19.3 Å². The van der Waals surface area contributed by atoms with Crippen molar-refractivity contribution in [2.24, 2.45) is 0 Å². The predicted molar refractivity (Wildman–Crippen MR) is 82.9 cm³/mol. The number of hydrogen-bond donors (Lipinski definition) is 0. The van der Waals surface area contributed by atoms with Gasteiger partial charge in [-0.3, -0.25) is 0 Å². The Morgan fingerprint density at radius 1 is 1.25 bits per heavy atom. The molecule has 20 heavy (non-hydrogen) atoms. The van der Waals surface area contributed by atoms with Crippen molar-refractivity contribution >= 4 is 38.6 Å². The molecule has 0 spiro atoms. The van der Waals surface area contributed by atoms with E-state index in [1.807, 2.05) is 31.2 Å². The van der Waals surface area contributed by atoms with Gasteiger partial charge < -0.3 is 4.57 Å². The van der Waals surface area contributed by atoms with Crippen LogP contribution in [0.15, 0.2) is 34.9 Å². The Labute approximate surface area is 130 Å². The fourth-order valence-electron chi connectivity index (χ4n) is 2.18. The summed E-state index contributed by atoms with van der Waals surface area (Å²) in [5.74, 6) is 1.98. The summed E-state index contributed by atoms with van der Waals surface area (Å²) >= 11 is 9.51. The van der Waals surface area contributed by atoms with Gasteiger partial charge in [0.25, 0.3) is 0 Å². The predicted octanol–water partition coefficient (Wildman–Crippen LogP) is 3.68. The van der Waals surface area contributed by atoms with Crippen LogP contribution in [0.1, 0.15) is 17.3 Å². The highest BCUT2D eigenvalue weighted by atomic mass is 79.9. The minimum absolute atomic E-state index is 0.371. The molecule has 6 heteroatoms. The molecule has 0 saturated heterocycles. The summed E-state index contributed by atoms with van der Waals surface area (Å²) < 4.78 is 3.11. The minimum Gasteiger partial charge on any atom is -0.321 e. The number of alkyl halides is 1. The van der Waals surface area contributed by atoms with Gasteiger partial charge in [0, 0.05) is 10.7 Å². The van der Waals surface area contributed by atoms with E-state index in [2.05, 4.69) is 35.4 Å². The zero-order valence-electron chi connectivity index (χ0n) is 10.8. The Kier molecular flexibility index (Phi) is 3.72. The summed E-state index contributed by atoms with van der Waals surface area (Å²) in [5, 5.41) is 0. The average Bonchev–Trinajstić information content (AvgIpc) is 2.76. The van der Waals surface area contributed by atoms with E-state index in [1.54, 1.807) is 6.20 Å². The van der Waals surface area contributed by atoms with Crippen LogP contribution in [-0.2, 0) is 12.4 Å². The average molecular weight is 352 g/mol. The zero-order valence-corrected chi connectivity index (χ0v) is 13.2. The Bertz CT molecular complexity index is 769. The van der Waals surface area contributed by atoms with Crippen LogP contribution in [0.5, 0.6) is 0 Å². The van der Waals surface area contributed by atoms with Crippen LogP contribution in [0.4, 0.5) is 0 Å². The monoisotopic (exact) mass is 350 g/mol. The summed E-state index contributed by atoms with van der Waals surface area (Å²) in [5.41, 5.74) is 2.93. The number of aromatic nitrogens is 4. The van der Waals surface area contributed by atoms with Crippen molar-refractivity contribution < 1.29 is 0 Å². The Balaban J connectivity index is 2.11. The first kappa shape index (κ1) is 13.5. The third kappa shape index (κ3) is 2.55. The van der Waals surface area contributed by atoms with Gasteiger partial charge in [0.1, 0.15) is 11.6 Å². The molecule has 3 aromatic rings. The molecule has 0 aliphatic carbocycles. The first-order chi connectivity index (χ1) is 9.67. The van der Waals surface area contributed by atoms with Gasteiger partial charge >= 0.3 is 0 Å². The van der Waals surface area contributed by atoms with E-state index in [-0.39, 0.29) is 0 Å². The Morgan fingerprint density at radius 2 is 2.10 bits per heavy atom. The third-order valence-corrected chi connectivity index (χ3v) is 3.79. The van der Waals surface area contributed by atoms with E-state index in [9.17, 15) is 0 Å². The van der Waals surface area contributed by atoms with Crippen molar-refractivity contribution in [1.29, 1.82) is 0 Å². The lowest BCUT2D eigenvalue weighted by Gasteiger charge is -2.07. The number of halogens is 2. The van der Waals surface area contributed by atoms with Crippen molar-refractivity contribution in [3.63, 3.8) is 0 Å². The van der Waals surface area contributed by atoms with E-state index in [4.69, 9.17) is 11.6 Å². The number of nitrogens with zero attached hydrogens (tertiary/aromatic N) is 4. The molecule has 4 nitrogen and oxygen atoms in total. The maximum absolute atomic E-state index is 6.01. The minimum atomic E-state index is 0.371. The molecular formula is C14H12BrClN4. The van der Waals surface area contributed by atoms with Crippen LogP contribution in [0.2, 0.25) is 0 Å². The maximum Gasteiger partial charge on any atom is 0.125 e. The molecule has 2 heterocycles. The lowest BCUT2D eigenvalue weighted by molar-refractivity contribution is 0.749. The molecule has 0 fully saturated rings. The van der Waals surface area contributed by atoms with Gasteiger partial charge in [0.05, 0.1) is 29.2 Å². The SMILES string of the molecule is Cc1nccc(Cn2c(CCl)nc3ccc(Br)cc32)n1. The smallest absolute Gasteiger partial charge is 0.125 e. The fourth-order valence-corrected chi connectivity index (χ4v) is 2.73. The number of fused-ring (bicyclic) bond motifs is 1. The number of aryl methyl sites for hydroxylation is 1. The van der Waals surface area contributed by atoms with Crippen LogP contribution >= 0.6 is 27.5 Å². The number of rotatable bonds is 3. The van der Waals surface area contributed by atoms with Gasteiger partial charge in [-0.25, -0.2) is 15.0 Å².